The topological polar surface area (TPSA) is 85.3 Å². The van der Waals surface area contributed by atoms with Crippen molar-refractivity contribution in [1.29, 1.82) is 0 Å². The minimum Gasteiger partial charge on any atom is -0.494 e. The molecule has 200 valence electrons. The Morgan fingerprint density at radius 1 is 0.949 bits per heavy atom. The number of benzene rings is 3. The van der Waals surface area contributed by atoms with Gasteiger partial charge in [-0.2, -0.15) is 5.10 Å². The van der Waals surface area contributed by atoms with Crippen LogP contribution in [0.4, 0.5) is 11.4 Å². The van der Waals surface area contributed by atoms with Crippen LogP contribution in [0.5, 0.6) is 5.75 Å². The van der Waals surface area contributed by atoms with Gasteiger partial charge < -0.3 is 15.4 Å². The Balaban J connectivity index is 1.34. The van der Waals surface area contributed by atoms with Gasteiger partial charge in [0.15, 0.2) is 0 Å². The quantitative estimate of drug-likeness (QED) is 0.244. The second kappa shape index (κ2) is 11.6. The van der Waals surface area contributed by atoms with Crippen LogP contribution in [-0.4, -0.2) is 28.2 Å². The number of carbonyl (C=O) groups is 2. The van der Waals surface area contributed by atoms with Crippen LogP contribution in [0.3, 0.4) is 0 Å². The fourth-order valence-corrected chi connectivity index (χ4v) is 4.62. The average molecular weight is 523 g/mol. The highest BCUT2D eigenvalue weighted by Crippen LogP contribution is 2.51. The van der Waals surface area contributed by atoms with E-state index in [1.807, 2.05) is 59.3 Å². The van der Waals surface area contributed by atoms with Gasteiger partial charge in [0.05, 0.1) is 18.0 Å². The van der Waals surface area contributed by atoms with E-state index in [2.05, 4.69) is 30.7 Å². The predicted molar refractivity (Wildman–Crippen MR) is 154 cm³/mol. The lowest BCUT2D eigenvalue weighted by atomic mass is 10.0. The standard InChI is InChI=1S/C32H34N4O3/c1-21(2)17-18-39-27-15-9-23(10-16-27)31-30(20-36(35-31)26-7-5-4-6-8-26)28-19-29(28)32(38)34-25-13-11-24(12-14-25)33-22(3)37/h4-16,20-21,28-29H,17-19H2,1-3H3,(H,33,37)(H,34,38). The molecule has 1 aliphatic carbocycles. The van der Waals surface area contributed by atoms with Gasteiger partial charge in [0, 0.05) is 47.5 Å². The van der Waals surface area contributed by atoms with Crippen LogP contribution in [0.2, 0.25) is 0 Å². The highest BCUT2D eigenvalue weighted by Gasteiger charge is 2.46. The van der Waals surface area contributed by atoms with E-state index in [1.54, 1.807) is 24.3 Å². The SMILES string of the molecule is CC(=O)Nc1ccc(NC(=O)C2CC2c2cn(-c3ccccc3)nc2-c2ccc(OCCC(C)C)cc2)cc1. The monoisotopic (exact) mass is 522 g/mol. The average Bonchev–Trinajstić information content (AvgIpc) is 3.61. The Kier molecular flexibility index (Phi) is 7.77. The van der Waals surface area contributed by atoms with E-state index in [1.165, 1.54) is 6.92 Å². The summed E-state index contributed by atoms with van der Waals surface area (Å²) >= 11 is 0. The second-order valence-corrected chi connectivity index (χ2v) is 10.5. The molecule has 1 aliphatic rings. The first-order valence-electron chi connectivity index (χ1n) is 13.4. The number of nitrogens with zero attached hydrogens (tertiary/aromatic N) is 2. The van der Waals surface area contributed by atoms with Crippen molar-refractivity contribution in [1.82, 2.24) is 9.78 Å². The number of ether oxygens (including phenoxy) is 1. The zero-order valence-corrected chi connectivity index (χ0v) is 22.6. The summed E-state index contributed by atoms with van der Waals surface area (Å²) in [5.41, 5.74) is 5.31. The van der Waals surface area contributed by atoms with E-state index in [0.717, 1.165) is 41.1 Å². The number of aromatic nitrogens is 2. The predicted octanol–water partition coefficient (Wildman–Crippen LogP) is 6.66. The van der Waals surface area contributed by atoms with Gasteiger partial charge in [-0.3, -0.25) is 9.59 Å². The number of carbonyl (C=O) groups excluding carboxylic acids is 2. The molecule has 1 heterocycles. The van der Waals surface area contributed by atoms with Crippen molar-refractivity contribution >= 4 is 23.2 Å². The van der Waals surface area contributed by atoms with Crippen LogP contribution in [0.25, 0.3) is 16.9 Å². The molecule has 3 aromatic carbocycles. The lowest BCUT2D eigenvalue weighted by molar-refractivity contribution is -0.117. The third-order valence-electron chi connectivity index (χ3n) is 6.85. The molecule has 0 radical (unpaired) electrons. The number of para-hydroxylation sites is 1. The Morgan fingerprint density at radius 3 is 2.26 bits per heavy atom. The van der Waals surface area contributed by atoms with Gasteiger partial charge >= 0.3 is 0 Å². The van der Waals surface area contributed by atoms with Crippen LogP contribution >= 0.6 is 0 Å². The van der Waals surface area contributed by atoms with E-state index in [0.29, 0.717) is 23.9 Å². The van der Waals surface area contributed by atoms with Crippen LogP contribution in [0.15, 0.2) is 85.1 Å². The minimum absolute atomic E-state index is 0.0143. The Hall–Kier alpha value is -4.39. The van der Waals surface area contributed by atoms with Crippen molar-refractivity contribution in [2.75, 3.05) is 17.2 Å². The van der Waals surface area contributed by atoms with E-state index in [-0.39, 0.29) is 23.7 Å². The number of hydrogen-bond donors (Lipinski definition) is 2. The number of hydrogen-bond acceptors (Lipinski definition) is 4. The van der Waals surface area contributed by atoms with E-state index in [9.17, 15) is 9.59 Å². The smallest absolute Gasteiger partial charge is 0.228 e. The summed E-state index contributed by atoms with van der Waals surface area (Å²) in [4.78, 5) is 24.4. The van der Waals surface area contributed by atoms with Crippen molar-refractivity contribution < 1.29 is 14.3 Å². The van der Waals surface area contributed by atoms with Gasteiger partial charge in [-0.05, 0) is 79.4 Å². The molecule has 4 aromatic rings. The number of anilines is 2. The lowest BCUT2D eigenvalue weighted by Crippen LogP contribution is -2.14. The summed E-state index contributed by atoms with van der Waals surface area (Å²) in [5, 5.41) is 10.7. The number of nitrogens with one attached hydrogen (secondary N) is 2. The molecule has 2 N–H and O–H groups in total. The van der Waals surface area contributed by atoms with Crippen molar-refractivity contribution in [2.45, 2.75) is 39.5 Å². The van der Waals surface area contributed by atoms with Gasteiger partial charge in [0.2, 0.25) is 11.8 Å². The molecule has 1 fully saturated rings. The molecule has 7 nitrogen and oxygen atoms in total. The van der Waals surface area contributed by atoms with E-state index >= 15 is 0 Å². The molecule has 2 atom stereocenters. The maximum Gasteiger partial charge on any atom is 0.228 e. The highest BCUT2D eigenvalue weighted by molar-refractivity contribution is 5.96. The second-order valence-electron chi connectivity index (χ2n) is 10.5. The maximum absolute atomic E-state index is 13.1. The molecule has 2 amide bonds. The maximum atomic E-state index is 13.1. The Morgan fingerprint density at radius 2 is 1.62 bits per heavy atom. The minimum atomic E-state index is -0.133. The molecule has 0 saturated heterocycles. The zero-order valence-electron chi connectivity index (χ0n) is 22.6. The summed E-state index contributed by atoms with van der Waals surface area (Å²) in [6.45, 7) is 6.53. The third-order valence-corrected chi connectivity index (χ3v) is 6.85. The molecule has 0 bridgehead atoms. The molecule has 39 heavy (non-hydrogen) atoms. The van der Waals surface area contributed by atoms with Gasteiger partial charge in [-0.15, -0.1) is 0 Å². The third kappa shape index (κ3) is 6.55. The molecular weight excluding hydrogens is 488 g/mol. The molecule has 2 unspecified atom stereocenters. The molecule has 1 saturated carbocycles. The van der Waals surface area contributed by atoms with Crippen LogP contribution in [-0.2, 0) is 9.59 Å². The molecule has 0 spiro atoms. The van der Waals surface area contributed by atoms with Crippen molar-refractivity contribution in [3.63, 3.8) is 0 Å². The first-order chi connectivity index (χ1) is 18.9. The van der Waals surface area contributed by atoms with Crippen LogP contribution in [0, 0.1) is 11.8 Å². The summed E-state index contributed by atoms with van der Waals surface area (Å²) < 4.78 is 7.80. The molecule has 0 aliphatic heterocycles. The van der Waals surface area contributed by atoms with Gasteiger partial charge in [-0.1, -0.05) is 32.0 Å². The largest absolute Gasteiger partial charge is 0.494 e. The summed E-state index contributed by atoms with van der Waals surface area (Å²) in [5.74, 6) is 1.24. The summed E-state index contributed by atoms with van der Waals surface area (Å²) in [6.07, 6.45) is 3.83. The normalized spacial score (nSPS) is 16.1. The molecule has 7 heteroatoms. The molecule has 5 rings (SSSR count). The zero-order chi connectivity index (χ0) is 27.4. The van der Waals surface area contributed by atoms with Crippen LogP contribution in [0.1, 0.15) is 45.1 Å². The number of rotatable bonds is 10. The van der Waals surface area contributed by atoms with Crippen molar-refractivity contribution in [2.24, 2.45) is 11.8 Å². The lowest BCUT2D eigenvalue weighted by Gasteiger charge is -2.09. The van der Waals surface area contributed by atoms with Crippen molar-refractivity contribution in [3.8, 4) is 22.7 Å². The summed E-state index contributed by atoms with van der Waals surface area (Å²) in [6, 6.07) is 25.2. The van der Waals surface area contributed by atoms with Crippen LogP contribution < -0.4 is 15.4 Å². The van der Waals surface area contributed by atoms with E-state index < -0.39 is 0 Å². The fraction of sp³-hybridized carbons (Fsp3) is 0.281. The first kappa shape index (κ1) is 26.2. The molecule has 1 aromatic heterocycles. The highest BCUT2D eigenvalue weighted by atomic mass is 16.5. The Labute approximate surface area is 229 Å². The van der Waals surface area contributed by atoms with Crippen molar-refractivity contribution in [3.05, 3.63) is 90.6 Å². The fourth-order valence-electron chi connectivity index (χ4n) is 4.62. The van der Waals surface area contributed by atoms with E-state index in [4.69, 9.17) is 9.84 Å². The van der Waals surface area contributed by atoms with Gasteiger partial charge in [-0.25, -0.2) is 4.68 Å². The van der Waals surface area contributed by atoms with Gasteiger partial charge in [0.25, 0.3) is 0 Å². The van der Waals surface area contributed by atoms with Gasteiger partial charge in [0.1, 0.15) is 5.75 Å². The Bertz CT molecular complexity index is 1430. The summed E-state index contributed by atoms with van der Waals surface area (Å²) in [7, 11) is 0. The number of amides is 2. The molecular formula is C32H34N4O3. The first-order valence-corrected chi connectivity index (χ1v) is 13.4.